The van der Waals surface area contributed by atoms with Gasteiger partial charge in [-0.25, -0.2) is 9.88 Å². The Morgan fingerprint density at radius 2 is 1.81 bits per heavy atom. The first-order valence-corrected chi connectivity index (χ1v) is 10.2. The molecule has 0 radical (unpaired) electrons. The second-order valence-electron chi connectivity index (χ2n) is 7.67. The molecule has 1 fully saturated rings. The van der Waals surface area contributed by atoms with Crippen molar-refractivity contribution in [3.63, 3.8) is 0 Å². The summed E-state index contributed by atoms with van der Waals surface area (Å²) >= 11 is 0. The summed E-state index contributed by atoms with van der Waals surface area (Å²) in [5, 5.41) is 3.01. The van der Waals surface area contributed by atoms with Gasteiger partial charge in [0.25, 0.3) is 5.56 Å². The number of rotatable bonds is 4. The van der Waals surface area contributed by atoms with Crippen molar-refractivity contribution < 1.29 is 9.59 Å². The van der Waals surface area contributed by atoms with Crippen LogP contribution in [0.15, 0.2) is 53.3 Å². The standard InChI is InChI=1S/C23H21N5O3/c1-3-14-8-4-7-11-18(14)27-19(29)12-15(21(27)30)20-13(2)26-28(22(20)31)23-24-16-9-5-6-10-17(16)25-23/h4-11,15,26H,3,12H2,1-2H3,(H,24,25)/t15-/m1/s1. The van der Waals surface area contributed by atoms with Gasteiger partial charge >= 0.3 is 0 Å². The summed E-state index contributed by atoms with van der Waals surface area (Å²) in [6.45, 7) is 3.71. The molecule has 2 aromatic carbocycles. The van der Waals surface area contributed by atoms with Crippen LogP contribution in [-0.2, 0) is 16.0 Å². The van der Waals surface area contributed by atoms with Crippen LogP contribution in [0.25, 0.3) is 17.0 Å². The maximum absolute atomic E-state index is 13.3. The van der Waals surface area contributed by atoms with Gasteiger partial charge in [-0.1, -0.05) is 37.3 Å². The largest absolute Gasteiger partial charge is 0.322 e. The fourth-order valence-corrected chi connectivity index (χ4v) is 4.30. The normalized spacial score (nSPS) is 16.6. The van der Waals surface area contributed by atoms with Gasteiger partial charge in [-0.3, -0.25) is 19.5 Å². The minimum atomic E-state index is -0.827. The van der Waals surface area contributed by atoms with Crippen LogP contribution in [0.2, 0.25) is 0 Å². The van der Waals surface area contributed by atoms with E-state index in [-0.39, 0.29) is 23.8 Å². The molecule has 5 rings (SSSR count). The molecule has 4 aromatic rings. The Balaban J connectivity index is 1.56. The minimum absolute atomic E-state index is 0.0368. The first kappa shape index (κ1) is 19.0. The fourth-order valence-electron chi connectivity index (χ4n) is 4.30. The molecule has 3 heterocycles. The van der Waals surface area contributed by atoms with Crippen molar-refractivity contribution >= 4 is 28.5 Å². The number of imide groups is 1. The van der Waals surface area contributed by atoms with E-state index in [1.807, 2.05) is 43.3 Å². The lowest BCUT2D eigenvalue weighted by atomic mass is 9.98. The Labute approximate surface area is 177 Å². The Kier molecular flexibility index (Phi) is 4.35. The van der Waals surface area contributed by atoms with Crippen LogP contribution in [0.1, 0.15) is 36.1 Å². The zero-order valence-electron chi connectivity index (χ0n) is 17.2. The lowest BCUT2D eigenvalue weighted by Gasteiger charge is -2.18. The summed E-state index contributed by atoms with van der Waals surface area (Å²) in [7, 11) is 0. The van der Waals surface area contributed by atoms with Gasteiger partial charge in [-0.15, -0.1) is 0 Å². The summed E-state index contributed by atoms with van der Waals surface area (Å²) < 4.78 is 1.30. The van der Waals surface area contributed by atoms with Crippen molar-refractivity contribution in [1.29, 1.82) is 0 Å². The molecule has 0 aliphatic carbocycles. The predicted octanol–water partition coefficient (Wildman–Crippen LogP) is 2.96. The van der Waals surface area contributed by atoms with Gasteiger partial charge in [0.05, 0.1) is 28.2 Å². The Morgan fingerprint density at radius 1 is 1.06 bits per heavy atom. The van der Waals surface area contributed by atoms with Crippen LogP contribution in [0.3, 0.4) is 0 Å². The molecule has 0 unspecified atom stereocenters. The molecule has 156 valence electrons. The number of fused-ring (bicyclic) bond motifs is 1. The quantitative estimate of drug-likeness (QED) is 0.500. The smallest absolute Gasteiger partial charge is 0.278 e. The summed E-state index contributed by atoms with van der Waals surface area (Å²) in [5.74, 6) is -1.16. The molecule has 1 aliphatic rings. The van der Waals surface area contributed by atoms with Gasteiger partial charge in [-0.2, -0.15) is 4.68 Å². The van der Waals surface area contributed by atoms with Gasteiger partial charge < -0.3 is 4.98 Å². The third kappa shape index (κ3) is 2.91. The lowest BCUT2D eigenvalue weighted by molar-refractivity contribution is -0.121. The Hall–Kier alpha value is -3.94. The maximum atomic E-state index is 13.3. The Bertz CT molecular complexity index is 1360. The number of nitrogens with zero attached hydrogens (tertiary/aromatic N) is 3. The third-order valence-electron chi connectivity index (χ3n) is 5.81. The molecule has 0 saturated carbocycles. The van der Waals surface area contributed by atoms with Gasteiger partial charge in [0.2, 0.25) is 17.8 Å². The monoisotopic (exact) mass is 415 g/mol. The topological polar surface area (TPSA) is 104 Å². The highest BCUT2D eigenvalue weighted by molar-refractivity contribution is 6.23. The summed E-state index contributed by atoms with van der Waals surface area (Å²) in [6, 6.07) is 14.8. The summed E-state index contributed by atoms with van der Waals surface area (Å²) in [5.41, 5.74) is 3.50. The molecular formula is C23H21N5O3. The molecule has 31 heavy (non-hydrogen) atoms. The van der Waals surface area contributed by atoms with E-state index in [2.05, 4.69) is 15.1 Å². The number of imidazole rings is 1. The molecule has 8 nitrogen and oxygen atoms in total. The van der Waals surface area contributed by atoms with E-state index in [1.165, 1.54) is 9.58 Å². The number of carbonyl (C=O) groups is 2. The molecule has 1 aliphatic heterocycles. The number of para-hydroxylation sites is 3. The van der Waals surface area contributed by atoms with E-state index in [9.17, 15) is 14.4 Å². The SMILES string of the molecule is CCc1ccccc1N1C(=O)C[C@H](c2c(C)[nH]n(-c3nc4ccccc4[nH]3)c2=O)C1=O. The number of hydrogen-bond donors (Lipinski definition) is 2. The number of hydrogen-bond acceptors (Lipinski definition) is 4. The van der Waals surface area contributed by atoms with Crippen molar-refractivity contribution in [2.75, 3.05) is 4.90 Å². The lowest BCUT2D eigenvalue weighted by Crippen LogP contribution is -2.32. The number of aryl methyl sites for hydroxylation is 2. The Morgan fingerprint density at radius 3 is 2.58 bits per heavy atom. The number of anilines is 1. The average Bonchev–Trinajstić information content (AvgIpc) is 3.41. The number of H-pyrrole nitrogens is 2. The van der Waals surface area contributed by atoms with E-state index in [0.29, 0.717) is 29.3 Å². The molecule has 2 N–H and O–H groups in total. The summed E-state index contributed by atoms with van der Waals surface area (Å²) in [6.07, 6.45) is 0.658. The van der Waals surface area contributed by atoms with Crippen molar-refractivity contribution in [3.05, 3.63) is 75.7 Å². The van der Waals surface area contributed by atoms with Crippen molar-refractivity contribution in [2.24, 2.45) is 0 Å². The number of nitrogens with one attached hydrogen (secondary N) is 2. The second kappa shape index (κ2) is 7.09. The fraction of sp³-hybridized carbons (Fsp3) is 0.217. The molecule has 1 saturated heterocycles. The predicted molar refractivity (Wildman–Crippen MR) is 116 cm³/mol. The number of carbonyl (C=O) groups excluding carboxylic acids is 2. The average molecular weight is 415 g/mol. The van der Waals surface area contributed by atoms with Crippen molar-refractivity contribution in [1.82, 2.24) is 19.7 Å². The molecular weight excluding hydrogens is 394 g/mol. The van der Waals surface area contributed by atoms with Crippen molar-refractivity contribution in [2.45, 2.75) is 32.6 Å². The number of benzene rings is 2. The van der Waals surface area contributed by atoms with Crippen LogP contribution < -0.4 is 10.5 Å². The van der Waals surface area contributed by atoms with Gasteiger partial charge in [0.1, 0.15) is 0 Å². The van der Waals surface area contributed by atoms with Crippen LogP contribution in [0.5, 0.6) is 0 Å². The van der Waals surface area contributed by atoms with Gasteiger partial charge in [-0.05, 0) is 37.1 Å². The molecule has 2 aromatic heterocycles. The third-order valence-corrected chi connectivity index (χ3v) is 5.81. The van der Waals surface area contributed by atoms with E-state index in [0.717, 1.165) is 16.6 Å². The molecule has 2 amide bonds. The van der Waals surface area contributed by atoms with Crippen molar-refractivity contribution in [3.8, 4) is 5.95 Å². The molecule has 0 bridgehead atoms. The second-order valence-corrected chi connectivity index (χ2v) is 7.67. The highest BCUT2D eigenvalue weighted by Gasteiger charge is 2.43. The van der Waals surface area contributed by atoms with Gasteiger partial charge in [0.15, 0.2) is 0 Å². The zero-order chi connectivity index (χ0) is 21.7. The molecule has 1 atom stereocenters. The number of aromatic amines is 2. The summed E-state index contributed by atoms with van der Waals surface area (Å²) in [4.78, 5) is 48.2. The van der Waals surface area contributed by atoms with Crippen LogP contribution in [-0.4, -0.2) is 31.6 Å². The van der Waals surface area contributed by atoms with E-state index in [1.54, 1.807) is 19.1 Å². The van der Waals surface area contributed by atoms with Crippen LogP contribution in [0, 0.1) is 6.92 Å². The first-order chi connectivity index (χ1) is 15.0. The molecule has 8 heteroatoms. The zero-order valence-corrected chi connectivity index (χ0v) is 17.2. The van der Waals surface area contributed by atoms with E-state index in [4.69, 9.17) is 0 Å². The van der Waals surface area contributed by atoms with Crippen LogP contribution >= 0.6 is 0 Å². The highest BCUT2D eigenvalue weighted by atomic mass is 16.2. The van der Waals surface area contributed by atoms with E-state index >= 15 is 0 Å². The van der Waals surface area contributed by atoms with Crippen LogP contribution in [0.4, 0.5) is 5.69 Å². The minimum Gasteiger partial charge on any atom is -0.322 e. The number of aromatic nitrogens is 4. The van der Waals surface area contributed by atoms with E-state index < -0.39 is 5.92 Å². The van der Waals surface area contributed by atoms with Gasteiger partial charge in [0, 0.05) is 12.1 Å². The molecule has 0 spiro atoms. The highest BCUT2D eigenvalue weighted by Crippen LogP contribution is 2.34. The number of amides is 2. The first-order valence-electron chi connectivity index (χ1n) is 10.2. The maximum Gasteiger partial charge on any atom is 0.278 e.